The van der Waals surface area contributed by atoms with Gasteiger partial charge in [0.1, 0.15) is 12.4 Å². The van der Waals surface area contributed by atoms with Crippen LogP contribution in [0, 0.1) is 0 Å². The number of thiocarbonyl (C=S) groups is 1. The fourth-order valence-corrected chi connectivity index (χ4v) is 3.34. The van der Waals surface area contributed by atoms with E-state index in [-0.39, 0.29) is 5.54 Å². The molecule has 0 atom stereocenters. The van der Waals surface area contributed by atoms with Crippen molar-refractivity contribution in [3.05, 3.63) is 36.9 Å². The highest BCUT2D eigenvalue weighted by Crippen LogP contribution is 2.32. The van der Waals surface area contributed by atoms with E-state index in [0.29, 0.717) is 11.7 Å². The highest BCUT2D eigenvalue weighted by Gasteiger charge is 2.33. The third-order valence-electron chi connectivity index (χ3n) is 4.18. The first-order chi connectivity index (χ1) is 11.2. The van der Waals surface area contributed by atoms with E-state index >= 15 is 0 Å². The second-order valence-electron chi connectivity index (χ2n) is 5.94. The topological polar surface area (TPSA) is 42.5 Å². The molecule has 0 unspecified atom stereocenters. The van der Waals surface area contributed by atoms with Crippen molar-refractivity contribution in [2.24, 2.45) is 0 Å². The predicted molar refractivity (Wildman–Crippen MR) is 99.2 cm³/mol. The summed E-state index contributed by atoms with van der Waals surface area (Å²) >= 11 is 5.51. The molecule has 1 aliphatic carbocycles. The molecule has 0 aromatic heterocycles. The van der Waals surface area contributed by atoms with Crippen molar-refractivity contribution in [2.75, 3.05) is 25.6 Å². The molecule has 0 radical (unpaired) electrons. The number of nitrogens with one attached hydrogen (secondary N) is 2. The van der Waals surface area contributed by atoms with Crippen LogP contribution in [0.1, 0.15) is 32.1 Å². The zero-order valence-corrected chi connectivity index (χ0v) is 14.6. The summed E-state index contributed by atoms with van der Waals surface area (Å²) in [7, 11) is 1.74. The van der Waals surface area contributed by atoms with Crippen LogP contribution >= 0.6 is 12.2 Å². The van der Waals surface area contributed by atoms with Crippen molar-refractivity contribution in [1.29, 1.82) is 0 Å². The van der Waals surface area contributed by atoms with Crippen molar-refractivity contribution in [1.82, 2.24) is 5.32 Å². The maximum atomic E-state index is 5.55. The van der Waals surface area contributed by atoms with Gasteiger partial charge in [-0.3, -0.25) is 0 Å². The molecule has 1 saturated carbocycles. The fraction of sp³-hybridized carbons (Fsp3) is 0.500. The van der Waals surface area contributed by atoms with E-state index in [1.807, 2.05) is 24.3 Å². The molecule has 0 bridgehead atoms. The van der Waals surface area contributed by atoms with Crippen LogP contribution in [0.5, 0.6) is 5.75 Å². The Kier molecular flexibility index (Phi) is 6.86. The van der Waals surface area contributed by atoms with Gasteiger partial charge in [0.05, 0.1) is 0 Å². The Labute approximate surface area is 144 Å². The Hall–Kier alpha value is -1.59. The van der Waals surface area contributed by atoms with Crippen LogP contribution in [0.4, 0.5) is 5.69 Å². The first-order valence-electron chi connectivity index (χ1n) is 8.09. The van der Waals surface area contributed by atoms with Gasteiger partial charge in [0.15, 0.2) is 5.11 Å². The van der Waals surface area contributed by atoms with Crippen molar-refractivity contribution < 1.29 is 9.47 Å². The molecule has 0 amide bonds. The number of rotatable bonds is 8. The fourth-order valence-electron chi connectivity index (χ4n) is 3.01. The number of hydrogen-bond donors (Lipinski definition) is 2. The number of benzene rings is 1. The summed E-state index contributed by atoms with van der Waals surface area (Å²) in [6, 6.07) is 7.78. The Morgan fingerprint density at radius 2 is 2.17 bits per heavy atom. The second kappa shape index (κ2) is 8.89. The van der Waals surface area contributed by atoms with E-state index in [4.69, 9.17) is 21.7 Å². The Bertz CT molecular complexity index is 528. The van der Waals surface area contributed by atoms with Gasteiger partial charge in [-0.25, -0.2) is 0 Å². The lowest BCUT2D eigenvalue weighted by atomic mass is 9.94. The van der Waals surface area contributed by atoms with E-state index in [2.05, 4.69) is 17.2 Å². The van der Waals surface area contributed by atoms with Crippen LogP contribution in [0.25, 0.3) is 0 Å². The highest BCUT2D eigenvalue weighted by atomic mass is 32.1. The summed E-state index contributed by atoms with van der Waals surface area (Å²) in [5.41, 5.74) is 0.987. The van der Waals surface area contributed by atoms with E-state index in [1.54, 1.807) is 13.2 Å². The maximum absolute atomic E-state index is 5.55. The molecule has 0 heterocycles. The van der Waals surface area contributed by atoms with E-state index in [1.165, 1.54) is 12.8 Å². The van der Waals surface area contributed by atoms with Crippen LogP contribution in [-0.2, 0) is 4.74 Å². The summed E-state index contributed by atoms with van der Waals surface area (Å²) in [5.74, 6) is 0.799. The highest BCUT2D eigenvalue weighted by molar-refractivity contribution is 7.80. The molecular formula is C18H26N2O2S. The number of anilines is 1. The van der Waals surface area contributed by atoms with Gasteiger partial charge in [0, 0.05) is 31.0 Å². The summed E-state index contributed by atoms with van der Waals surface area (Å²) < 4.78 is 10.8. The van der Waals surface area contributed by atoms with Gasteiger partial charge in [-0.05, 0) is 43.6 Å². The quantitative estimate of drug-likeness (QED) is 0.558. The minimum absolute atomic E-state index is 0.0665. The first-order valence-corrected chi connectivity index (χ1v) is 8.50. The number of hydrogen-bond acceptors (Lipinski definition) is 3. The van der Waals surface area contributed by atoms with E-state index < -0.39 is 0 Å². The van der Waals surface area contributed by atoms with Crippen molar-refractivity contribution in [3.8, 4) is 5.75 Å². The third-order valence-corrected chi connectivity index (χ3v) is 4.39. The molecule has 5 heteroatoms. The smallest absolute Gasteiger partial charge is 0.171 e. The predicted octanol–water partition coefficient (Wildman–Crippen LogP) is 3.89. The zero-order chi connectivity index (χ0) is 16.5. The van der Waals surface area contributed by atoms with E-state index in [9.17, 15) is 0 Å². The monoisotopic (exact) mass is 334 g/mol. The maximum Gasteiger partial charge on any atom is 0.171 e. The molecule has 0 saturated heterocycles. The molecular weight excluding hydrogens is 308 g/mol. The molecule has 126 valence electrons. The largest absolute Gasteiger partial charge is 0.489 e. The normalized spacial score (nSPS) is 15.9. The average Bonchev–Trinajstić information content (AvgIpc) is 3.00. The molecule has 0 spiro atoms. The first kappa shape index (κ1) is 17.8. The van der Waals surface area contributed by atoms with Gasteiger partial charge >= 0.3 is 0 Å². The average molecular weight is 334 g/mol. The minimum atomic E-state index is 0.0665. The molecule has 1 aromatic rings. The summed E-state index contributed by atoms with van der Waals surface area (Å²) in [5, 5.41) is 7.44. The third kappa shape index (κ3) is 5.52. The van der Waals surface area contributed by atoms with E-state index in [0.717, 1.165) is 37.3 Å². The molecule has 1 fully saturated rings. The lowest BCUT2D eigenvalue weighted by Crippen LogP contribution is -2.48. The van der Waals surface area contributed by atoms with Gasteiger partial charge in [-0.1, -0.05) is 31.6 Å². The van der Waals surface area contributed by atoms with Gasteiger partial charge in [0.2, 0.25) is 0 Å². The molecule has 2 rings (SSSR count). The molecule has 4 nitrogen and oxygen atoms in total. The summed E-state index contributed by atoms with van der Waals surface area (Å²) in [6.07, 6.45) is 7.47. The molecule has 0 aliphatic heterocycles. The van der Waals surface area contributed by atoms with Crippen molar-refractivity contribution >= 4 is 23.0 Å². The zero-order valence-electron chi connectivity index (χ0n) is 13.8. The lowest BCUT2D eigenvalue weighted by Gasteiger charge is -2.31. The number of ether oxygens (including phenoxy) is 2. The van der Waals surface area contributed by atoms with Crippen LogP contribution in [0.15, 0.2) is 36.9 Å². The van der Waals surface area contributed by atoms with Gasteiger partial charge in [0.25, 0.3) is 0 Å². The van der Waals surface area contributed by atoms with Crippen LogP contribution in [-0.4, -0.2) is 31.0 Å². The standard InChI is InChI=1S/C18H26N2O2S/c1-3-12-22-16-8-6-7-15(14-16)19-17(23)20-18(11-13-21-2)9-4-5-10-18/h3,6-8,14H,1,4-5,9-13H2,2H3,(H2,19,20,23). The Balaban J connectivity index is 1.94. The Morgan fingerprint density at radius 3 is 2.87 bits per heavy atom. The van der Waals surface area contributed by atoms with Crippen LogP contribution in [0.3, 0.4) is 0 Å². The van der Waals surface area contributed by atoms with Gasteiger partial charge in [-0.15, -0.1) is 0 Å². The SMILES string of the molecule is C=CCOc1cccc(NC(=S)NC2(CCOC)CCCC2)c1. The van der Waals surface area contributed by atoms with Crippen molar-refractivity contribution in [3.63, 3.8) is 0 Å². The lowest BCUT2D eigenvalue weighted by molar-refractivity contribution is 0.163. The Morgan fingerprint density at radius 1 is 1.39 bits per heavy atom. The molecule has 2 N–H and O–H groups in total. The van der Waals surface area contributed by atoms with Crippen LogP contribution < -0.4 is 15.4 Å². The minimum Gasteiger partial charge on any atom is -0.489 e. The molecule has 1 aromatic carbocycles. The van der Waals surface area contributed by atoms with Gasteiger partial charge < -0.3 is 20.1 Å². The molecule has 1 aliphatic rings. The summed E-state index contributed by atoms with van der Waals surface area (Å²) in [4.78, 5) is 0. The van der Waals surface area contributed by atoms with Crippen LogP contribution in [0.2, 0.25) is 0 Å². The van der Waals surface area contributed by atoms with Crippen molar-refractivity contribution in [2.45, 2.75) is 37.6 Å². The second-order valence-corrected chi connectivity index (χ2v) is 6.35. The molecule has 23 heavy (non-hydrogen) atoms. The number of methoxy groups -OCH3 is 1. The summed E-state index contributed by atoms with van der Waals surface area (Å²) in [6.45, 7) is 4.90. The van der Waals surface area contributed by atoms with Gasteiger partial charge in [-0.2, -0.15) is 0 Å².